The van der Waals surface area contributed by atoms with Crippen LogP contribution >= 0.6 is 63.7 Å². The van der Waals surface area contributed by atoms with E-state index >= 15 is 0 Å². The van der Waals surface area contributed by atoms with Gasteiger partial charge in [-0.05, 0) is 125 Å². The van der Waals surface area contributed by atoms with Crippen molar-refractivity contribution in [2.45, 2.75) is 0 Å². The third kappa shape index (κ3) is 5.16. The van der Waals surface area contributed by atoms with Gasteiger partial charge in [-0.3, -0.25) is 0 Å². The molecular weight excluding hydrogens is 824 g/mol. The Balaban J connectivity index is 1.77. The molecule has 0 N–H and O–H groups in total. The van der Waals surface area contributed by atoms with E-state index < -0.39 is 0 Å². The van der Waals surface area contributed by atoms with Crippen LogP contribution < -0.4 is 0 Å². The van der Waals surface area contributed by atoms with Crippen molar-refractivity contribution in [3.8, 4) is 44.5 Å². The molecule has 0 saturated carbocycles. The van der Waals surface area contributed by atoms with E-state index in [0.29, 0.717) is 0 Å². The van der Waals surface area contributed by atoms with Gasteiger partial charge in [-0.25, -0.2) is 0 Å². The highest BCUT2D eigenvalue weighted by atomic mass is 79.9. The first kappa shape index (κ1) is 29.8. The Hall–Kier alpha value is -3.54. The second-order valence-corrected chi connectivity index (χ2v) is 15.0. The fourth-order valence-corrected chi connectivity index (χ4v) is 8.05. The van der Waals surface area contributed by atoms with Crippen LogP contribution in [-0.4, -0.2) is 0 Å². The maximum Gasteiger partial charge on any atom is 0.0181 e. The van der Waals surface area contributed by atoms with E-state index in [9.17, 15) is 0 Å². The molecule has 0 unspecified atom stereocenters. The van der Waals surface area contributed by atoms with Crippen LogP contribution in [0.3, 0.4) is 0 Å². The van der Waals surface area contributed by atoms with Gasteiger partial charge in [-0.1, -0.05) is 161 Å². The standard InChI is InChI=1S/C42H24Br4/c43-29-15-11-27(12-16-29)37-38(28-13-17-30(44)18-14-28)40(26-9-5-2-6-10-26)42-34-22-20-32(46)24-36(34)35-23-31(45)19-21-33(35)41(42)39(37)25-7-3-1-4-8-25/h1-24H. The molecule has 0 fully saturated rings. The Morgan fingerprint density at radius 1 is 0.261 bits per heavy atom. The Morgan fingerprint density at radius 2 is 0.587 bits per heavy atom. The van der Waals surface area contributed by atoms with Crippen molar-refractivity contribution >= 4 is 96.0 Å². The van der Waals surface area contributed by atoms with Gasteiger partial charge in [-0.15, -0.1) is 0 Å². The summed E-state index contributed by atoms with van der Waals surface area (Å²) in [6, 6.07) is 52.8. The Labute approximate surface area is 301 Å². The molecule has 0 saturated heterocycles. The summed E-state index contributed by atoms with van der Waals surface area (Å²) in [6.45, 7) is 0. The predicted octanol–water partition coefficient (Wildman–Crippen LogP) is 14.9. The van der Waals surface area contributed by atoms with Crippen molar-refractivity contribution in [1.29, 1.82) is 0 Å². The molecule has 0 aliphatic carbocycles. The summed E-state index contributed by atoms with van der Waals surface area (Å²) in [6.07, 6.45) is 0. The van der Waals surface area contributed by atoms with Crippen molar-refractivity contribution in [2.75, 3.05) is 0 Å². The van der Waals surface area contributed by atoms with E-state index in [-0.39, 0.29) is 0 Å². The fourth-order valence-electron chi connectivity index (χ4n) is 6.80. The van der Waals surface area contributed by atoms with Crippen molar-refractivity contribution in [1.82, 2.24) is 0 Å². The van der Waals surface area contributed by atoms with Gasteiger partial charge in [0.25, 0.3) is 0 Å². The van der Waals surface area contributed by atoms with E-state index in [0.717, 1.165) is 17.9 Å². The van der Waals surface area contributed by atoms with Crippen LogP contribution in [0.1, 0.15) is 0 Å². The number of fused-ring (bicyclic) bond motifs is 6. The van der Waals surface area contributed by atoms with Crippen LogP contribution in [0.2, 0.25) is 0 Å². The molecule has 0 aromatic heterocycles. The van der Waals surface area contributed by atoms with Gasteiger partial charge in [0.15, 0.2) is 0 Å². The average molecular weight is 848 g/mol. The first-order valence-corrected chi connectivity index (χ1v) is 18.1. The summed E-state index contributed by atoms with van der Waals surface area (Å²) in [7, 11) is 0. The second-order valence-electron chi connectivity index (χ2n) is 11.4. The summed E-state index contributed by atoms with van der Waals surface area (Å²) in [5.41, 5.74) is 9.59. The number of hydrogen-bond donors (Lipinski definition) is 0. The molecule has 0 aliphatic heterocycles. The smallest absolute Gasteiger partial charge is 0.0181 e. The minimum absolute atomic E-state index is 1.05. The summed E-state index contributed by atoms with van der Waals surface area (Å²) >= 11 is 15.0. The third-order valence-corrected chi connectivity index (χ3v) is 10.7. The monoisotopic (exact) mass is 844 g/mol. The van der Waals surface area contributed by atoms with E-state index in [1.165, 1.54) is 76.8 Å². The predicted molar refractivity (Wildman–Crippen MR) is 212 cm³/mol. The topological polar surface area (TPSA) is 0 Å². The molecule has 0 heterocycles. The average Bonchev–Trinajstić information content (AvgIpc) is 3.09. The number of rotatable bonds is 4. The molecule has 220 valence electrons. The second kappa shape index (κ2) is 12.2. The largest absolute Gasteiger partial charge is 0.0622 e. The lowest BCUT2D eigenvalue weighted by atomic mass is 9.76. The molecule has 8 aromatic carbocycles. The van der Waals surface area contributed by atoms with Crippen LogP contribution in [0.25, 0.3) is 76.8 Å². The molecule has 4 heteroatoms. The SMILES string of the molecule is Brc1ccc(-c2c(-c3ccc(Br)cc3)c(-c3ccccc3)c3c4ccc(Br)cc4c4cc(Br)ccc4c3c2-c2ccccc2)cc1. The van der Waals surface area contributed by atoms with Crippen LogP contribution in [-0.2, 0) is 0 Å². The molecule has 0 amide bonds. The summed E-state index contributed by atoms with van der Waals surface area (Å²) < 4.78 is 4.23. The van der Waals surface area contributed by atoms with Gasteiger partial charge >= 0.3 is 0 Å². The van der Waals surface area contributed by atoms with Gasteiger partial charge in [-0.2, -0.15) is 0 Å². The zero-order valence-corrected chi connectivity index (χ0v) is 30.7. The normalized spacial score (nSPS) is 11.5. The van der Waals surface area contributed by atoms with Crippen LogP contribution in [0.5, 0.6) is 0 Å². The van der Waals surface area contributed by atoms with Crippen molar-refractivity contribution in [2.24, 2.45) is 0 Å². The first-order valence-electron chi connectivity index (χ1n) is 14.9. The number of benzene rings is 8. The minimum Gasteiger partial charge on any atom is -0.0622 e. The molecule has 0 spiro atoms. The number of hydrogen-bond acceptors (Lipinski definition) is 0. The lowest BCUT2D eigenvalue weighted by Crippen LogP contribution is -1.99. The molecule has 8 rings (SSSR count). The van der Waals surface area contributed by atoms with Gasteiger partial charge in [0.05, 0.1) is 0 Å². The van der Waals surface area contributed by atoms with E-state index in [2.05, 4.69) is 209 Å². The summed E-state index contributed by atoms with van der Waals surface area (Å²) in [4.78, 5) is 0. The van der Waals surface area contributed by atoms with Crippen molar-refractivity contribution in [3.63, 3.8) is 0 Å². The maximum atomic E-state index is 3.80. The van der Waals surface area contributed by atoms with Crippen molar-refractivity contribution < 1.29 is 0 Å². The Bertz CT molecular complexity index is 2240. The fraction of sp³-hybridized carbons (Fsp3) is 0. The van der Waals surface area contributed by atoms with E-state index in [1.807, 2.05) is 0 Å². The highest BCUT2D eigenvalue weighted by Gasteiger charge is 2.27. The number of halogens is 4. The van der Waals surface area contributed by atoms with E-state index in [1.54, 1.807) is 0 Å². The Morgan fingerprint density at radius 3 is 0.957 bits per heavy atom. The summed E-state index contributed by atoms with van der Waals surface area (Å²) in [5.74, 6) is 0. The Kier molecular flexibility index (Phi) is 7.94. The molecule has 8 aromatic rings. The summed E-state index contributed by atoms with van der Waals surface area (Å²) in [5, 5.41) is 7.38. The zero-order valence-electron chi connectivity index (χ0n) is 24.4. The maximum absolute atomic E-state index is 3.80. The molecule has 0 aliphatic rings. The molecular formula is C42H24Br4. The minimum atomic E-state index is 1.05. The lowest BCUT2D eigenvalue weighted by molar-refractivity contribution is 1.56. The van der Waals surface area contributed by atoms with Gasteiger partial charge in [0, 0.05) is 17.9 Å². The van der Waals surface area contributed by atoms with Gasteiger partial charge in [0.1, 0.15) is 0 Å². The molecule has 0 bridgehead atoms. The van der Waals surface area contributed by atoms with Crippen LogP contribution in [0, 0.1) is 0 Å². The van der Waals surface area contributed by atoms with Gasteiger partial charge in [0.2, 0.25) is 0 Å². The van der Waals surface area contributed by atoms with Crippen LogP contribution in [0.15, 0.2) is 163 Å². The molecule has 0 atom stereocenters. The zero-order chi connectivity index (χ0) is 31.4. The quantitative estimate of drug-likeness (QED) is 0.155. The molecule has 0 radical (unpaired) electrons. The lowest BCUT2D eigenvalue weighted by Gasteiger charge is -2.26. The molecule has 0 nitrogen and oxygen atoms in total. The highest BCUT2D eigenvalue weighted by Crippen LogP contribution is 2.54. The third-order valence-electron chi connectivity index (χ3n) is 8.68. The van der Waals surface area contributed by atoms with E-state index in [4.69, 9.17) is 0 Å². The highest BCUT2D eigenvalue weighted by molar-refractivity contribution is 9.11. The van der Waals surface area contributed by atoms with Crippen molar-refractivity contribution in [3.05, 3.63) is 163 Å². The van der Waals surface area contributed by atoms with Gasteiger partial charge < -0.3 is 0 Å². The molecule has 46 heavy (non-hydrogen) atoms. The first-order chi connectivity index (χ1) is 22.5. The van der Waals surface area contributed by atoms with Crippen LogP contribution in [0.4, 0.5) is 0 Å².